The second kappa shape index (κ2) is 7.83. The van der Waals surface area contributed by atoms with E-state index in [0.717, 1.165) is 11.1 Å². The summed E-state index contributed by atoms with van der Waals surface area (Å²) in [6.07, 6.45) is 0.877. The number of benzene rings is 2. The van der Waals surface area contributed by atoms with Gasteiger partial charge in [-0.2, -0.15) is 0 Å². The maximum Gasteiger partial charge on any atom is 0.342 e. The van der Waals surface area contributed by atoms with Crippen molar-refractivity contribution in [3.05, 3.63) is 71.3 Å². The molecule has 0 aliphatic heterocycles. The number of hydrogen-bond donors (Lipinski definition) is 1. The SMILES string of the molecule is CCOC(=O)[C@@](O)(CCc1ccccc1)c1ccc(C(C)(C)C)cc1. The van der Waals surface area contributed by atoms with E-state index >= 15 is 0 Å². The van der Waals surface area contributed by atoms with E-state index in [1.165, 1.54) is 0 Å². The Labute approximate surface area is 150 Å². The lowest BCUT2D eigenvalue weighted by Gasteiger charge is -2.27. The third kappa shape index (κ3) is 4.70. The molecule has 0 spiro atoms. The first-order valence-electron chi connectivity index (χ1n) is 8.82. The number of ether oxygens (including phenoxy) is 1. The van der Waals surface area contributed by atoms with Gasteiger partial charge < -0.3 is 9.84 Å². The molecule has 1 N–H and O–H groups in total. The quantitative estimate of drug-likeness (QED) is 0.794. The zero-order chi connectivity index (χ0) is 18.5. The molecule has 0 heterocycles. The van der Waals surface area contributed by atoms with Crippen LogP contribution in [0.2, 0.25) is 0 Å². The van der Waals surface area contributed by atoms with Crippen molar-refractivity contribution in [2.45, 2.75) is 51.6 Å². The Hall–Kier alpha value is -2.13. The van der Waals surface area contributed by atoms with Crippen molar-refractivity contribution in [3.63, 3.8) is 0 Å². The van der Waals surface area contributed by atoms with Crippen molar-refractivity contribution in [2.75, 3.05) is 6.61 Å². The van der Waals surface area contributed by atoms with Gasteiger partial charge in [0, 0.05) is 0 Å². The molecule has 134 valence electrons. The first kappa shape index (κ1) is 19.2. The Morgan fingerprint density at radius 3 is 2.04 bits per heavy atom. The largest absolute Gasteiger partial charge is 0.464 e. The van der Waals surface area contributed by atoms with Crippen LogP contribution in [0.25, 0.3) is 0 Å². The molecule has 25 heavy (non-hydrogen) atoms. The molecule has 3 nitrogen and oxygen atoms in total. The summed E-state index contributed by atoms with van der Waals surface area (Å²) in [5, 5.41) is 11.2. The lowest BCUT2D eigenvalue weighted by Crippen LogP contribution is -2.38. The fourth-order valence-corrected chi connectivity index (χ4v) is 2.83. The lowest BCUT2D eigenvalue weighted by molar-refractivity contribution is -0.167. The maximum atomic E-state index is 12.5. The Balaban J connectivity index is 2.29. The monoisotopic (exact) mass is 340 g/mol. The fourth-order valence-electron chi connectivity index (χ4n) is 2.83. The van der Waals surface area contributed by atoms with Gasteiger partial charge in [-0.25, -0.2) is 4.79 Å². The average molecular weight is 340 g/mol. The summed E-state index contributed by atoms with van der Waals surface area (Å²) in [6.45, 7) is 8.39. The van der Waals surface area contributed by atoms with Gasteiger partial charge in [0.05, 0.1) is 6.61 Å². The number of hydrogen-bond acceptors (Lipinski definition) is 3. The van der Waals surface area contributed by atoms with Gasteiger partial charge in [0.15, 0.2) is 5.60 Å². The first-order valence-corrected chi connectivity index (χ1v) is 8.82. The molecule has 0 amide bonds. The van der Waals surface area contributed by atoms with Crippen LogP contribution in [0.3, 0.4) is 0 Å². The standard InChI is InChI=1S/C22H28O3/c1-5-25-20(23)22(24,16-15-17-9-7-6-8-10-17)19-13-11-18(12-14-19)21(2,3)4/h6-14,24H,5,15-16H2,1-4H3/t22-/m1/s1. The van der Waals surface area contributed by atoms with Crippen molar-refractivity contribution < 1.29 is 14.6 Å². The highest BCUT2D eigenvalue weighted by molar-refractivity contribution is 5.81. The molecule has 0 aromatic heterocycles. The van der Waals surface area contributed by atoms with Crippen LogP contribution in [0, 0.1) is 0 Å². The molecule has 0 unspecified atom stereocenters. The van der Waals surface area contributed by atoms with E-state index in [9.17, 15) is 9.90 Å². The van der Waals surface area contributed by atoms with Crippen LogP contribution in [-0.4, -0.2) is 17.7 Å². The Kier molecular flexibility index (Phi) is 6.02. The van der Waals surface area contributed by atoms with Gasteiger partial charge in [-0.15, -0.1) is 0 Å². The van der Waals surface area contributed by atoms with Gasteiger partial charge >= 0.3 is 5.97 Å². The smallest absolute Gasteiger partial charge is 0.342 e. The molecule has 0 radical (unpaired) electrons. The van der Waals surface area contributed by atoms with Gasteiger partial charge in [0.1, 0.15) is 0 Å². The molecule has 0 fully saturated rings. The van der Waals surface area contributed by atoms with Gasteiger partial charge in [-0.05, 0) is 41.9 Å². The molecule has 0 saturated heterocycles. The molecule has 2 rings (SSSR count). The van der Waals surface area contributed by atoms with E-state index in [4.69, 9.17) is 4.74 Å². The summed E-state index contributed by atoms with van der Waals surface area (Å²) >= 11 is 0. The Morgan fingerprint density at radius 2 is 1.52 bits per heavy atom. The highest BCUT2D eigenvalue weighted by atomic mass is 16.5. The van der Waals surface area contributed by atoms with Gasteiger partial charge in [0.25, 0.3) is 0 Å². The van der Waals surface area contributed by atoms with Crippen LogP contribution in [0.15, 0.2) is 54.6 Å². The normalized spacial score (nSPS) is 14.0. The van der Waals surface area contributed by atoms with Gasteiger partial charge in [0.2, 0.25) is 0 Å². The molecule has 0 bridgehead atoms. The van der Waals surface area contributed by atoms with E-state index < -0.39 is 11.6 Å². The molecule has 0 aliphatic carbocycles. The number of aliphatic hydroxyl groups is 1. The molecule has 1 atom stereocenters. The zero-order valence-electron chi connectivity index (χ0n) is 15.6. The topological polar surface area (TPSA) is 46.5 Å². The molecule has 3 heteroatoms. The van der Waals surface area contributed by atoms with Crippen LogP contribution in [0.5, 0.6) is 0 Å². The van der Waals surface area contributed by atoms with E-state index in [2.05, 4.69) is 20.8 Å². The first-order chi connectivity index (χ1) is 11.8. The average Bonchev–Trinajstić information content (AvgIpc) is 2.60. The highest BCUT2D eigenvalue weighted by Gasteiger charge is 2.39. The predicted molar refractivity (Wildman–Crippen MR) is 100 cm³/mol. The van der Waals surface area contributed by atoms with E-state index in [0.29, 0.717) is 12.0 Å². The van der Waals surface area contributed by atoms with Crippen molar-refractivity contribution in [1.82, 2.24) is 0 Å². The summed E-state index contributed by atoms with van der Waals surface area (Å²) in [7, 11) is 0. The summed E-state index contributed by atoms with van der Waals surface area (Å²) in [6, 6.07) is 17.5. The van der Waals surface area contributed by atoms with Crippen LogP contribution in [0.4, 0.5) is 0 Å². The van der Waals surface area contributed by atoms with Crippen LogP contribution >= 0.6 is 0 Å². The predicted octanol–water partition coefficient (Wildman–Crippen LogP) is 4.37. The summed E-state index contributed by atoms with van der Waals surface area (Å²) < 4.78 is 5.16. The molecule has 2 aromatic carbocycles. The van der Waals surface area contributed by atoms with Gasteiger partial charge in [-0.1, -0.05) is 75.4 Å². The second-order valence-electron chi connectivity index (χ2n) is 7.39. The van der Waals surface area contributed by atoms with Crippen LogP contribution in [-0.2, 0) is 27.0 Å². The van der Waals surface area contributed by atoms with Crippen LogP contribution < -0.4 is 0 Å². The Bertz CT molecular complexity index is 683. The van der Waals surface area contributed by atoms with E-state index in [-0.39, 0.29) is 18.4 Å². The zero-order valence-corrected chi connectivity index (χ0v) is 15.6. The minimum absolute atomic E-state index is 0.0185. The number of esters is 1. The van der Waals surface area contributed by atoms with Crippen LogP contribution in [0.1, 0.15) is 50.8 Å². The van der Waals surface area contributed by atoms with Gasteiger partial charge in [-0.3, -0.25) is 0 Å². The minimum atomic E-state index is -1.64. The van der Waals surface area contributed by atoms with Crippen molar-refractivity contribution >= 4 is 5.97 Å². The van der Waals surface area contributed by atoms with Crippen molar-refractivity contribution in [1.29, 1.82) is 0 Å². The minimum Gasteiger partial charge on any atom is -0.464 e. The number of rotatable bonds is 6. The number of aryl methyl sites for hydroxylation is 1. The number of carbonyl (C=O) groups excluding carboxylic acids is 1. The van der Waals surface area contributed by atoms with E-state index in [1.54, 1.807) is 6.92 Å². The summed E-state index contributed by atoms with van der Waals surface area (Å²) in [5.74, 6) is -0.588. The lowest BCUT2D eigenvalue weighted by atomic mass is 9.83. The third-order valence-electron chi connectivity index (χ3n) is 4.46. The highest BCUT2D eigenvalue weighted by Crippen LogP contribution is 2.31. The molecule has 0 saturated carbocycles. The second-order valence-corrected chi connectivity index (χ2v) is 7.39. The fraction of sp³-hybridized carbons (Fsp3) is 0.409. The molecular formula is C22H28O3. The number of carbonyl (C=O) groups is 1. The van der Waals surface area contributed by atoms with Crippen molar-refractivity contribution in [2.24, 2.45) is 0 Å². The molecule has 2 aromatic rings. The molecule has 0 aliphatic rings. The third-order valence-corrected chi connectivity index (χ3v) is 4.46. The molecular weight excluding hydrogens is 312 g/mol. The maximum absolute atomic E-state index is 12.5. The Morgan fingerprint density at radius 1 is 0.960 bits per heavy atom. The summed E-state index contributed by atoms with van der Waals surface area (Å²) in [5.41, 5.74) is 1.20. The van der Waals surface area contributed by atoms with E-state index in [1.807, 2.05) is 54.6 Å². The van der Waals surface area contributed by atoms with Crippen molar-refractivity contribution in [3.8, 4) is 0 Å². The summed E-state index contributed by atoms with van der Waals surface area (Å²) in [4.78, 5) is 12.5.